The zero-order valence-corrected chi connectivity index (χ0v) is 14.1. The number of unbranched alkanes of at least 4 members (excludes halogenated alkanes) is 2. The fraction of sp³-hybridized carbons (Fsp3) is 0.812. The van der Waals surface area contributed by atoms with Crippen LogP contribution in [0, 0.1) is 5.92 Å². The van der Waals surface area contributed by atoms with Gasteiger partial charge in [0, 0.05) is 6.42 Å². The lowest BCUT2D eigenvalue weighted by molar-refractivity contribution is -0.140. The van der Waals surface area contributed by atoms with Crippen molar-refractivity contribution in [2.75, 3.05) is 0 Å². The van der Waals surface area contributed by atoms with E-state index in [0.29, 0.717) is 12.3 Å². The molecule has 5 N–H and O–H groups in total. The quantitative estimate of drug-likeness (QED) is 0.377. The third-order valence-corrected chi connectivity index (χ3v) is 3.58. The molecule has 0 aliphatic heterocycles. The van der Waals surface area contributed by atoms with E-state index in [4.69, 9.17) is 10.8 Å². The lowest BCUT2D eigenvalue weighted by atomic mass is 10.0. The van der Waals surface area contributed by atoms with Crippen LogP contribution in [0.5, 0.6) is 0 Å². The third-order valence-electron chi connectivity index (χ3n) is 3.58. The van der Waals surface area contributed by atoms with Crippen molar-refractivity contribution in [1.29, 1.82) is 0 Å². The minimum atomic E-state index is -1.19. The summed E-state index contributed by atoms with van der Waals surface area (Å²) in [4.78, 5) is 33.3. The average molecular weight is 330 g/mol. The van der Waals surface area contributed by atoms with E-state index < -0.39 is 24.3 Å². The number of carboxylic acid groups (broad SMARTS) is 1. The molecule has 2 amide bonds. The zero-order chi connectivity index (χ0) is 17.8. The third kappa shape index (κ3) is 12.6. The maximum atomic E-state index is 11.7. The van der Waals surface area contributed by atoms with Crippen LogP contribution in [-0.4, -0.2) is 40.1 Å². The molecular weight excluding hydrogens is 300 g/mol. The van der Waals surface area contributed by atoms with Gasteiger partial charge in [-0.2, -0.15) is 0 Å². The minimum Gasteiger partial charge on any atom is -0.481 e. The summed E-state index contributed by atoms with van der Waals surface area (Å²) in [5.41, 5.74) is 5.05. The van der Waals surface area contributed by atoms with E-state index in [1.54, 1.807) is 0 Å². The van der Waals surface area contributed by atoms with Crippen molar-refractivity contribution in [3.63, 3.8) is 0 Å². The van der Waals surface area contributed by atoms with E-state index in [-0.39, 0.29) is 18.4 Å². The predicted molar refractivity (Wildman–Crippen MR) is 86.5 cm³/mol. The summed E-state index contributed by atoms with van der Waals surface area (Å²) in [7, 11) is 0. The molecule has 0 saturated carbocycles. The van der Waals surface area contributed by atoms with Gasteiger partial charge >= 0.3 is 5.97 Å². The van der Waals surface area contributed by atoms with Crippen molar-refractivity contribution in [2.24, 2.45) is 11.7 Å². The topological polar surface area (TPSA) is 130 Å². The summed E-state index contributed by atoms with van der Waals surface area (Å²) in [6, 6.07) is -1.17. The van der Waals surface area contributed by atoms with Crippen molar-refractivity contribution in [3.8, 4) is 0 Å². The van der Waals surface area contributed by atoms with Gasteiger partial charge in [-0.25, -0.2) is 0 Å². The van der Waals surface area contributed by atoms with Gasteiger partial charge in [0.25, 0.3) is 0 Å². The number of carbonyl (C=O) groups is 3. The van der Waals surface area contributed by atoms with Gasteiger partial charge in [-0.1, -0.05) is 26.7 Å². The van der Waals surface area contributed by atoms with Crippen LogP contribution >= 0.6 is 0 Å². The summed E-state index contributed by atoms with van der Waals surface area (Å²) in [6.45, 7) is 4.24. The second-order valence-electron chi connectivity index (χ2n) is 6.34. The first-order valence-corrected chi connectivity index (χ1v) is 8.21. The highest BCUT2D eigenvalue weighted by atomic mass is 16.4. The Morgan fingerprint density at radius 3 is 2.22 bits per heavy atom. The lowest BCUT2D eigenvalue weighted by Crippen LogP contribution is -2.45. The van der Waals surface area contributed by atoms with E-state index in [1.165, 1.54) is 0 Å². The molecule has 2 unspecified atom stereocenters. The second-order valence-corrected chi connectivity index (χ2v) is 6.34. The van der Waals surface area contributed by atoms with Gasteiger partial charge in [-0.3, -0.25) is 14.4 Å². The first-order chi connectivity index (χ1) is 10.7. The number of amides is 2. The van der Waals surface area contributed by atoms with Crippen LogP contribution in [0.15, 0.2) is 0 Å². The highest BCUT2D eigenvalue weighted by Gasteiger charge is 2.20. The first-order valence-electron chi connectivity index (χ1n) is 8.21. The van der Waals surface area contributed by atoms with Crippen molar-refractivity contribution < 1.29 is 24.6 Å². The average Bonchev–Trinajstić information content (AvgIpc) is 2.43. The summed E-state index contributed by atoms with van der Waals surface area (Å²) in [5, 5.41) is 20.8. The number of carboxylic acids is 1. The minimum absolute atomic E-state index is 0.214. The van der Waals surface area contributed by atoms with Gasteiger partial charge in [0.15, 0.2) is 0 Å². The largest absolute Gasteiger partial charge is 0.481 e. The molecule has 7 nitrogen and oxygen atoms in total. The maximum Gasteiger partial charge on any atom is 0.305 e. The Morgan fingerprint density at radius 1 is 1.04 bits per heavy atom. The number of hydrogen-bond donors (Lipinski definition) is 4. The highest BCUT2D eigenvalue weighted by molar-refractivity contribution is 5.89. The van der Waals surface area contributed by atoms with Crippen molar-refractivity contribution in [3.05, 3.63) is 0 Å². The lowest BCUT2D eigenvalue weighted by Gasteiger charge is -2.13. The molecular formula is C16H30N2O5. The van der Waals surface area contributed by atoms with Crippen LogP contribution in [-0.2, 0) is 14.4 Å². The summed E-state index contributed by atoms with van der Waals surface area (Å²) in [5.74, 6) is -1.84. The molecule has 0 aromatic rings. The number of aliphatic hydroxyl groups excluding tert-OH is 1. The number of hydrogen-bond acceptors (Lipinski definition) is 4. The molecule has 0 fully saturated rings. The number of aliphatic hydroxyl groups is 1. The maximum absolute atomic E-state index is 11.7. The number of rotatable bonds is 13. The summed E-state index contributed by atoms with van der Waals surface area (Å²) in [6.07, 6.45) is 4.19. The summed E-state index contributed by atoms with van der Waals surface area (Å²) < 4.78 is 0. The Hall–Kier alpha value is -1.63. The fourth-order valence-electron chi connectivity index (χ4n) is 2.18. The van der Waals surface area contributed by atoms with Crippen molar-refractivity contribution >= 4 is 17.8 Å². The molecule has 0 aromatic heterocycles. The Balaban J connectivity index is 3.81. The molecule has 0 aromatic carbocycles. The molecule has 0 heterocycles. The van der Waals surface area contributed by atoms with E-state index in [2.05, 4.69) is 19.2 Å². The molecule has 7 heteroatoms. The van der Waals surface area contributed by atoms with E-state index in [0.717, 1.165) is 32.1 Å². The molecule has 0 aliphatic carbocycles. The molecule has 134 valence electrons. The van der Waals surface area contributed by atoms with Gasteiger partial charge in [0.2, 0.25) is 11.8 Å². The first kappa shape index (κ1) is 21.4. The van der Waals surface area contributed by atoms with Gasteiger partial charge in [-0.15, -0.1) is 0 Å². The van der Waals surface area contributed by atoms with Crippen LogP contribution in [0.3, 0.4) is 0 Å². The number of carbonyl (C=O) groups excluding carboxylic acids is 2. The van der Waals surface area contributed by atoms with E-state index >= 15 is 0 Å². The van der Waals surface area contributed by atoms with Gasteiger partial charge in [0.05, 0.1) is 12.5 Å². The van der Waals surface area contributed by atoms with Crippen molar-refractivity contribution in [1.82, 2.24) is 5.32 Å². The van der Waals surface area contributed by atoms with Gasteiger partial charge < -0.3 is 21.3 Å². The standard InChI is InChI=1S/C16H30N2O5/c1-11(2)8-9-12(19)6-4-3-5-7-14(20)18-13(16(17)23)10-15(21)22/h11-13,19H,3-10H2,1-2H3,(H2,17,23)(H,18,20)(H,21,22). The van der Waals surface area contributed by atoms with Gasteiger partial charge in [-0.05, 0) is 31.6 Å². The number of primary amides is 1. The van der Waals surface area contributed by atoms with Crippen LogP contribution in [0.4, 0.5) is 0 Å². The van der Waals surface area contributed by atoms with Crippen LogP contribution in [0.2, 0.25) is 0 Å². The molecule has 2 atom stereocenters. The van der Waals surface area contributed by atoms with E-state index in [9.17, 15) is 19.5 Å². The summed E-state index contributed by atoms with van der Waals surface area (Å²) >= 11 is 0. The Kier molecular flexibility index (Phi) is 11.0. The monoisotopic (exact) mass is 330 g/mol. The SMILES string of the molecule is CC(C)CCC(O)CCCCCC(=O)NC(CC(=O)O)C(N)=O. The van der Waals surface area contributed by atoms with Crippen LogP contribution in [0.1, 0.15) is 65.2 Å². The Bertz CT molecular complexity index is 385. The fourth-order valence-corrected chi connectivity index (χ4v) is 2.18. The molecule has 0 rings (SSSR count). The molecule has 0 spiro atoms. The smallest absolute Gasteiger partial charge is 0.305 e. The predicted octanol–water partition coefficient (Wildman–Crippen LogP) is 1.18. The van der Waals surface area contributed by atoms with Crippen LogP contribution < -0.4 is 11.1 Å². The zero-order valence-electron chi connectivity index (χ0n) is 14.1. The van der Waals surface area contributed by atoms with E-state index in [1.807, 2.05) is 0 Å². The normalized spacial score (nSPS) is 13.6. The van der Waals surface area contributed by atoms with Crippen LogP contribution in [0.25, 0.3) is 0 Å². The molecule has 0 bridgehead atoms. The number of nitrogens with one attached hydrogen (secondary N) is 1. The highest BCUT2D eigenvalue weighted by Crippen LogP contribution is 2.13. The van der Waals surface area contributed by atoms with Crippen molar-refractivity contribution in [2.45, 2.75) is 77.4 Å². The molecule has 0 saturated heterocycles. The second kappa shape index (κ2) is 11.9. The number of nitrogens with two attached hydrogens (primary N) is 1. The van der Waals surface area contributed by atoms with Gasteiger partial charge in [0.1, 0.15) is 6.04 Å². The Morgan fingerprint density at radius 2 is 1.70 bits per heavy atom. The molecule has 0 aliphatic rings. The number of aliphatic carboxylic acids is 1. The molecule has 23 heavy (non-hydrogen) atoms. The molecule has 0 radical (unpaired) electrons. The Labute approximate surface area is 137 Å².